The lowest BCUT2D eigenvalue weighted by Crippen LogP contribution is -2.29. The number of methoxy groups -OCH3 is 1. The number of hydrogen-bond donors (Lipinski definition) is 1. The largest absolute Gasteiger partial charge is 0.382 e. The van der Waals surface area contributed by atoms with Crippen molar-refractivity contribution in [3.8, 4) is 0 Å². The summed E-state index contributed by atoms with van der Waals surface area (Å²) in [6.07, 6.45) is 0.597. The highest BCUT2D eigenvalue weighted by atomic mass is 19.1. The third kappa shape index (κ3) is 4.70. The van der Waals surface area contributed by atoms with Crippen LogP contribution in [0.1, 0.15) is 12.5 Å². The Morgan fingerprint density at radius 2 is 2.06 bits per heavy atom. The predicted octanol–water partition coefficient (Wildman–Crippen LogP) is 1.92. The molecule has 0 fully saturated rings. The standard InChI is InChI=1S/C12H18FNO2/c1-10(14-16-8-7-15-2)9-11-5-3-4-6-12(11)13/h3-6,10,14H,7-9H2,1-2H3. The monoisotopic (exact) mass is 227 g/mol. The van der Waals surface area contributed by atoms with Gasteiger partial charge in [-0.05, 0) is 25.0 Å². The third-order valence-corrected chi connectivity index (χ3v) is 2.16. The third-order valence-electron chi connectivity index (χ3n) is 2.16. The van der Waals surface area contributed by atoms with E-state index in [1.165, 1.54) is 6.07 Å². The van der Waals surface area contributed by atoms with Crippen molar-refractivity contribution < 1.29 is 14.0 Å². The van der Waals surface area contributed by atoms with Gasteiger partial charge in [-0.1, -0.05) is 18.2 Å². The Bertz CT molecular complexity index is 307. The quantitative estimate of drug-likeness (QED) is 0.570. The predicted molar refractivity (Wildman–Crippen MR) is 60.5 cm³/mol. The minimum Gasteiger partial charge on any atom is -0.382 e. The first kappa shape index (κ1) is 13.1. The van der Waals surface area contributed by atoms with Gasteiger partial charge in [0.2, 0.25) is 0 Å². The number of nitrogens with one attached hydrogen (secondary N) is 1. The van der Waals surface area contributed by atoms with Gasteiger partial charge in [-0.2, -0.15) is 5.48 Å². The zero-order valence-electron chi connectivity index (χ0n) is 9.70. The summed E-state index contributed by atoms with van der Waals surface area (Å²) >= 11 is 0. The average Bonchev–Trinajstić information content (AvgIpc) is 2.28. The fourth-order valence-electron chi connectivity index (χ4n) is 1.36. The molecule has 1 unspecified atom stereocenters. The van der Waals surface area contributed by atoms with Gasteiger partial charge >= 0.3 is 0 Å². The van der Waals surface area contributed by atoms with Crippen molar-refractivity contribution in [2.45, 2.75) is 19.4 Å². The normalized spacial score (nSPS) is 12.7. The van der Waals surface area contributed by atoms with Gasteiger partial charge in [-0.25, -0.2) is 4.39 Å². The summed E-state index contributed by atoms with van der Waals surface area (Å²) in [5.41, 5.74) is 3.54. The summed E-state index contributed by atoms with van der Waals surface area (Å²) < 4.78 is 18.1. The van der Waals surface area contributed by atoms with Crippen LogP contribution in [-0.2, 0) is 16.0 Å². The molecule has 0 bridgehead atoms. The lowest BCUT2D eigenvalue weighted by Gasteiger charge is -2.13. The number of halogens is 1. The Balaban J connectivity index is 2.28. The summed E-state index contributed by atoms with van der Waals surface area (Å²) in [6.45, 7) is 2.97. The van der Waals surface area contributed by atoms with Crippen molar-refractivity contribution in [2.24, 2.45) is 0 Å². The molecule has 0 spiro atoms. The number of hydroxylamine groups is 1. The van der Waals surface area contributed by atoms with Gasteiger partial charge in [0.05, 0.1) is 13.2 Å². The number of benzene rings is 1. The van der Waals surface area contributed by atoms with E-state index in [9.17, 15) is 4.39 Å². The molecule has 4 heteroatoms. The molecule has 1 rings (SSSR count). The molecule has 0 heterocycles. The highest BCUT2D eigenvalue weighted by Gasteiger charge is 2.06. The highest BCUT2D eigenvalue weighted by Crippen LogP contribution is 2.08. The highest BCUT2D eigenvalue weighted by molar-refractivity contribution is 5.18. The maximum Gasteiger partial charge on any atom is 0.126 e. The molecule has 0 radical (unpaired) electrons. The van der Waals surface area contributed by atoms with Crippen LogP contribution >= 0.6 is 0 Å². The second-order valence-corrected chi connectivity index (χ2v) is 3.66. The maximum absolute atomic E-state index is 13.3. The van der Waals surface area contributed by atoms with Crippen molar-refractivity contribution in [3.05, 3.63) is 35.6 Å². The van der Waals surface area contributed by atoms with Crippen LogP contribution in [0.15, 0.2) is 24.3 Å². The Labute approximate surface area is 95.5 Å². The van der Waals surface area contributed by atoms with Crippen LogP contribution in [0.25, 0.3) is 0 Å². The Morgan fingerprint density at radius 1 is 1.31 bits per heavy atom. The second-order valence-electron chi connectivity index (χ2n) is 3.66. The van der Waals surface area contributed by atoms with Gasteiger partial charge in [0.15, 0.2) is 0 Å². The summed E-state index contributed by atoms with van der Waals surface area (Å²) in [5.74, 6) is -0.173. The van der Waals surface area contributed by atoms with Crippen LogP contribution in [0.4, 0.5) is 4.39 Å². The van der Waals surface area contributed by atoms with Gasteiger partial charge in [0.1, 0.15) is 5.82 Å². The SMILES string of the molecule is COCCONC(C)Cc1ccccc1F. The Hall–Kier alpha value is -0.970. The first-order valence-electron chi connectivity index (χ1n) is 5.33. The van der Waals surface area contributed by atoms with E-state index in [1.807, 2.05) is 13.0 Å². The number of rotatable bonds is 7. The molecule has 1 aromatic carbocycles. The van der Waals surface area contributed by atoms with Crippen molar-refractivity contribution in [1.82, 2.24) is 5.48 Å². The van der Waals surface area contributed by atoms with Crippen molar-refractivity contribution >= 4 is 0 Å². The van der Waals surface area contributed by atoms with Crippen molar-refractivity contribution in [1.29, 1.82) is 0 Å². The molecule has 90 valence electrons. The van der Waals surface area contributed by atoms with E-state index >= 15 is 0 Å². The molecule has 1 aromatic rings. The van der Waals surface area contributed by atoms with Crippen LogP contribution in [0, 0.1) is 5.82 Å². The van der Waals surface area contributed by atoms with E-state index < -0.39 is 0 Å². The summed E-state index contributed by atoms with van der Waals surface area (Å²) in [4.78, 5) is 5.15. The molecule has 0 amide bonds. The Kier molecular flexibility index (Phi) is 6.00. The molecule has 16 heavy (non-hydrogen) atoms. The van der Waals surface area contributed by atoms with Crippen LogP contribution in [0.2, 0.25) is 0 Å². The summed E-state index contributed by atoms with van der Waals surface area (Å²) in [5, 5.41) is 0. The summed E-state index contributed by atoms with van der Waals surface area (Å²) in [7, 11) is 1.62. The molecule has 3 nitrogen and oxygen atoms in total. The second kappa shape index (κ2) is 7.33. The van der Waals surface area contributed by atoms with Crippen LogP contribution in [0.3, 0.4) is 0 Å². The fourth-order valence-corrected chi connectivity index (χ4v) is 1.36. The first-order valence-corrected chi connectivity index (χ1v) is 5.33. The van der Waals surface area contributed by atoms with E-state index in [4.69, 9.17) is 9.57 Å². The summed E-state index contributed by atoms with van der Waals surface area (Å²) in [6, 6.07) is 6.83. The molecule has 0 aliphatic carbocycles. The van der Waals surface area contributed by atoms with E-state index in [1.54, 1.807) is 19.2 Å². The van der Waals surface area contributed by atoms with E-state index in [2.05, 4.69) is 5.48 Å². The van der Waals surface area contributed by atoms with Gasteiger partial charge in [-0.15, -0.1) is 0 Å². The average molecular weight is 227 g/mol. The van der Waals surface area contributed by atoms with Gasteiger partial charge in [-0.3, -0.25) is 4.84 Å². The Morgan fingerprint density at radius 3 is 2.75 bits per heavy atom. The molecule has 0 aliphatic heterocycles. The lowest BCUT2D eigenvalue weighted by atomic mass is 10.1. The molecule has 0 aromatic heterocycles. The van der Waals surface area contributed by atoms with Gasteiger partial charge < -0.3 is 4.74 Å². The van der Waals surface area contributed by atoms with Gasteiger partial charge in [0.25, 0.3) is 0 Å². The van der Waals surface area contributed by atoms with Crippen molar-refractivity contribution in [2.75, 3.05) is 20.3 Å². The minimum absolute atomic E-state index is 0.0637. The van der Waals surface area contributed by atoms with E-state index in [0.717, 1.165) is 0 Å². The zero-order valence-corrected chi connectivity index (χ0v) is 9.70. The fraction of sp³-hybridized carbons (Fsp3) is 0.500. The van der Waals surface area contributed by atoms with Crippen molar-refractivity contribution in [3.63, 3.8) is 0 Å². The molecule has 0 aliphatic rings. The molecule has 0 saturated carbocycles. The molecular weight excluding hydrogens is 209 g/mol. The maximum atomic E-state index is 13.3. The smallest absolute Gasteiger partial charge is 0.126 e. The van der Waals surface area contributed by atoms with Crippen LogP contribution in [-0.4, -0.2) is 26.4 Å². The molecule has 1 N–H and O–H groups in total. The van der Waals surface area contributed by atoms with E-state index in [-0.39, 0.29) is 11.9 Å². The zero-order chi connectivity index (χ0) is 11.8. The molecular formula is C12H18FNO2. The minimum atomic E-state index is -0.173. The van der Waals surface area contributed by atoms with Crippen LogP contribution < -0.4 is 5.48 Å². The molecule has 0 saturated heterocycles. The molecule has 1 atom stereocenters. The number of ether oxygens (including phenoxy) is 1. The van der Waals surface area contributed by atoms with Gasteiger partial charge in [0, 0.05) is 13.2 Å². The lowest BCUT2D eigenvalue weighted by molar-refractivity contribution is -0.00874. The van der Waals surface area contributed by atoms with E-state index in [0.29, 0.717) is 25.2 Å². The van der Waals surface area contributed by atoms with Crippen LogP contribution in [0.5, 0.6) is 0 Å². The first-order chi connectivity index (χ1) is 7.74. The number of hydrogen-bond acceptors (Lipinski definition) is 3. The topological polar surface area (TPSA) is 30.5 Å².